The van der Waals surface area contributed by atoms with Gasteiger partial charge in [0.2, 0.25) is 0 Å². The van der Waals surface area contributed by atoms with Crippen molar-refractivity contribution in [3.05, 3.63) is 0 Å². The molecule has 0 atom stereocenters. The predicted octanol–water partition coefficient (Wildman–Crippen LogP) is 0.211. The summed E-state index contributed by atoms with van der Waals surface area (Å²) in [7, 11) is 2.73. The molecule has 0 saturated heterocycles. The highest BCUT2D eigenvalue weighted by Crippen LogP contribution is 1.55. The molecule has 0 aliphatic heterocycles. The Morgan fingerprint density at radius 1 is 1.00 bits per heavy atom. The molecule has 0 aliphatic carbocycles. The molecule has 13 heavy (non-hydrogen) atoms. The zero-order chi connectivity index (χ0) is 10.9. The van der Waals surface area contributed by atoms with Crippen molar-refractivity contribution < 1.29 is 19.3 Å². The summed E-state index contributed by atoms with van der Waals surface area (Å²) in [4.78, 5) is 0. The first kappa shape index (κ1) is 18.0. The normalized spacial score (nSPS) is 8.92. The number of hydrogen-bond donors (Lipinski definition) is 2. The number of oxime groups is 2. The molecular formula is C6H18N2O4Si. The SMILES string of the molecule is CC=NO.CC=NO.CO[SiH2]OC. The second-order valence-corrected chi connectivity index (χ2v) is 2.83. The zero-order valence-corrected chi connectivity index (χ0v) is 9.88. The Labute approximate surface area is 80.9 Å². The molecule has 0 rings (SSSR count). The first-order valence-electron chi connectivity index (χ1n) is 3.46. The predicted molar refractivity (Wildman–Crippen MR) is 54.5 cm³/mol. The molecule has 0 saturated carbocycles. The van der Waals surface area contributed by atoms with Crippen LogP contribution in [0.1, 0.15) is 13.8 Å². The largest absolute Gasteiger partial charge is 0.411 e. The molecule has 0 heterocycles. The van der Waals surface area contributed by atoms with Crippen LogP contribution in [0.3, 0.4) is 0 Å². The summed E-state index contributed by atoms with van der Waals surface area (Å²) in [5, 5.41) is 20.1. The lowest BCUT2D eigenvalue weighted by molar-refractivity contribution is 0.309. The zero-order valence-electron chi connectivity index (χ0n) is 8.47. The smallest absolute Gasteiger partial charge is 0.303 e. The molecule has 0 radical (unpaired) electrons. The summed E-state index contributed by atoms with van der Waals surface area (Å²) < 4.78 is 9.22. The van der Waals surface area contributed by atoms with Crippen molar-refractivity contribution in [1.82, 2.24) is 0 Å². The summed E-state index contributed by atoms with van der Waals surface area (Å²) >= 11 is 0. The third-order valence-corrected chi connectivity index (χ3v) is 0.938. The average Bonchev–Trinajstić information content (AvgIpc) is 2.20. The molecule has 0 amide bonds. The molecule has 0 fully saturated rings. The Morgan fingerprint density at radius 3 is 1.23 bits per heavy atom. The summed E-state index contributed by atoms with van der Waals surface area (Å²) in [5.74, 6) is 0. The Kier molecular flexibility index (Phi) is 42.1. The molecule has 6 nitrogen and oxygen atoms in total. The standard InChI is InChI=1S/2C2H5NO.C2H8O2Si/c2*1-2-3-4;1-3-5-4-2/h2*2,4H,1H3;5H2,1-2H3. The third kappa shape index (κ3) is 96.4. The van der Waals surface area contributed by atoms with Crippen molar-refractivity contribution in [2.24, 2.45) is 10.3 Å². The van der Waals surface area contributed by atoms with Gasteiger partial charge in [0, 0.05) is 26.6 Å². The molecule has 2 N–H and O–H groups in total. The summed E-state index contributed by atoms with van der Waals surface area (Å²) in [6.07, 6.45) is 2.61. The first-order valence-corrected chi connectivity index (χ1v) is 4.62. The minimum absolute atomic E-state index is 0.568. The fourth-order valence-electron chi connectivity index (χ4n) is 0.118. The molecule has 7 heteroatoms. The van der Waals surface area contributed by atoms with E-state index < -0.39 is 10.0 Å². The lowest BCUT2D eigenvalue weighted by Gasteiger charge is -1.86. The Balaban J connectivity index is -0.000000117. The van der Waals surface area contributed by atoms with Gasteiger partial charge in [-0.3, -0.25) is 0 Å². The lowest BCUT2D eigenvalue weighted by atomic mass is 10.9. The molecule has 0 aromatic heterocycles. The molecule has 0 aromatic rings. The minimum Gasteiger partial charge on any atom is -0.411 e. The van der Waals surface area contributed by atoms with Crippen LogP contribution in [0.15, 0.2) is 10.3 Å². The minimum atomic E-state index is -0.568. The van der Waals surface area contributed by atoms with E-state index in [4.69, 9.17) is 10.4 Å². The van der Waals surface area contributed by atoms with E-state index in [1.54, 1.807) is 28.1 Å². The third-order valence-electron chi connectivity index (χ3n) is 0.467. The molecule has 0 aliphatic rings. The van der Waals surface area contributed by atoms with E-state index >= 15 is 0 Å². The van der Waals surface area contributed by atoms with Crippen LogP contribution in [0.4, 0.5) is 0 Å². The summed E-state index contributed by atoms with van der Waals surface area (Å²) in [6.45, 7) is 3.28. The maximum absolute atomic E-state index is 7.44. The molecule has 80 valence electrons. The quantitative estimate of drug-likeness (QED) is 0.295. The van der Waals surface area contributed by atoms with E-state index in [1.807, 2.05) is 0 Å². The Morgan fingerprint density at radius 2 is 1.23 bits per heavy atom. The van der Waals surface area contributed by atoms with Crippen LogP contribution < -0.4 is 0 Å². The van der Waals surface area contributed by atoms with Gasteiger partial charge in [-0.05, 0) is 13.8 Å². The van der Waals surface area contributed by atoms with Crippen molar-refractivity contribution in [2.45, 2.75) is 13.8 Å². The molecule has 0 bridgehead atoms. The van der Waals surface area contributed by atoms with E-state index in [0.717, 1.165) is 0 Å². The van der Waals surface area contributed by atoms with Crippen LogP contribution in [-0.2, 0) is 8.85 Å². The molecule has 0 aromatic carbocycles. The van der Waals surface area contributed by atoms with Gasteiger partial charge in [-0.15, -0.1) is 10.3 Å². The van der Waals surface area contributed by atoms with Gasteiger partial charge in [-0.2, -0.15) is 0 Å². The van der Waals surface area contributed by atoms with E-state index in [2.05, 4.69) is 19.2 Å². The highest BCUT2D eigenvalue weighted by molar-refractivity contribution is 6.17. The monoisotopic (exact) mass is 210 g/mol. The number of rotatable bonds is 2. The van der Waals surface area contributed by atoms with Crippen LogP contribution in [0.2, 0.25) is 0 Å². The van der Waals surface area contributed by atoms with Crippen LogP contribution in [0.5, 0.6) is 0 Å². The van der Waals surface area contributed by atoms with Crippen LogP contribution in [0, 0.1) is 0 Å². The van der Waals surface area contributed by atoms with Crippen molar-refractivity contribution in [2.75, 3.05) is 14.2 Å². The van der Waals surface area contributed by atoms with E-state index in [-0.39, 0.29) is 0 Å². The van der Waals surface area contributed by atoms with Gasteiger partial charge in [-0.25, -0.2) is 0 Å². The van der Waals surface area contributed by atoms with Gasteiger partial charge in [0.25, 0.3) is 0 Å². The van der Waals surface area contributed by atoms with Crippen LogP contribution in [-0.4, -0.2) is 47.1 Å². The average molecular weight is 210 g/mol. The number of hydrogen-bond acceptors (Lipinski definition) is 6. The number of nitrogens with zero attached hydrogens (tertiary/aromatic N) is 2. The summed E-state index contributed by atoms with van der Waals surface area (Å²) in [6, 6.07) is 0. The lowest BCUT2D eigenvalue weighted by Crippen LogP contribution is -1.93. The highest BCUT2D eigenvalue weighted by Gasteiger charge is 1.67. The van der Waals surface area contributed by atoms with Crippen LogP contribution in [0.25, 0.3) is 0 Å². The van der Waals surface area contributed by atoms with Gasteiger partial charge in [0.05, 0.1) is 0 Å². The molecule has 0 unspecified atom stereocenters. The topological polar surface area (TPSA) is 83.6 Å². The van der Waals surface area contributed by atoms with Gasteiger partial charge in [-0.1, -0.05) is 0 Å². The maximum atomic E-state index is 7.44. The van der Waals surface area contributed by atoms with E-state index in [1.165, 1.54) is 12.4 Å². The van der Waals surface area contributed by atoms with Gasteiger partial charge >= 0.3 is 10.0 Å². The van der Waals surface area contributed by atoms with Crippen molar-refractivity contribution in [3.8, 4) is 0 Å². The van der Waals surface area contributed by atoms with Gasteiger partial charge < -0.3 is 19.3 Å². The summed E-state index contributed by atoms with van der Waals surface area (Å²) in [5.41, 5.74) is 0. The van der Waals surface area contributed by atoms with Crippen LogP contribution >= 0.6 is 0 Å². The fraction of sp³-hybridized carbons (Fsp3) is 0.667. The van der Waals surface area contributed by atoms with Crippen molar-refractivity contribution in [3.63, 3.8) is 0 Å². The molecule has 0 spiro atoms. The van der Waals surface area contributed by atoms with E-state index in [9.17, 15) is 0 Å². The second kappa shape index (κ2) is 30.5. The van der Waals surface area contributed by atoms with Gasteiger partial charge in [0.1, 0.15) is 0 Å². The van der Waals surface area contributed by atoms with Crippen molar-refractivity contribution >= 4 is 22.4 Å². The maximum Gasteiger partial charge on any atom is 0.303 e. The van der Waals surface area contributed by atoms with Crippen molar-refractivity contribution in [1.29, 1.82) is 0 Å². The Hall–Kier alpha value is -0.923. The molecular weight excluding hydrogens is 192 g/mol. The fourth-order valence-corrected chi connectivity index (χ4v) is 0.354. The second-order valence-electron chi connectivity index (χ2n) is 1.44. The highest BCUT2D eigenvalue weighted by atomic mass is 28.3. The van der Waals surface area contributed by atoms with E-state index in [0.29, 0.717) is 0 Å². The first-order chi connectivity index (χ1) is 6.24. The Bertz CT molecular complexity index is 90.8. The van der Waals surface area contributed by atoms with Gasteiger partial charge in [0.15, 0.2) is 0 Å².